The molecule has 0 amide bonds. The molecule has 2 aromatic carbocycles. The van der Waals surface area contributed by atoms with Crippen molar-refractivity contribution >= 4 is 46.1 Å². The van der Waals surface area contributed by atoms with Crippen molar-refractivity contribution in [2.45, 2.75) is 25.2 Å². The molecule has 5 nitrogen and oxygen atoms in total. The largest absolute Gasteiger partial charge is 0.430 e. The van der Waals surface area contributed by atoms with Crippen LogP contribution in [-0.4, -0.2) is 59.3 Å². The summed E-state index contributed by atoms with van der Waals surface area (Å²) in [5.74, 6) is 0.901. The molecular formula is C28H37N4OS+. The number of benzene rings is 2. The number of para-hydroxylation sites is 1. The molecule has 0 saturated heterocycles. The van der Waals surface area contributed by atoms with Crippen LogP contribution in [0, 0.1) is 0 Å². The second kappa shape index (κ2) is 10.7. The Morgan fingerprint density at radius 3 is 2.44 bits per heavy atom. The number of hydrogen-bond acceptors (Lipinski definition) is 5. The Morgan fingerprint density at radius 1 is 0.971 bits per heavy atom. The Kier molecular flexibility index (Phi) is 7.69. The minimum Gasteiger partial charge on any atom is -0.372 e. The second-order valence-corrected chi connectivity index (χ2v) is 10.1. The number of fused-ring (bicyclic) bond motifs is 2. The summed E-state index contributed by atoms with van der Waals surface area (Å²) in [5, 5.41) is 2.36. The summed E-state index contributed by atoms with van der Waals surface area (Å²) >= 11 is 1.82. The normalized spacial score (nSPS) is 14.3. The first-order valence-corrected chi connectivity index (χ1v) is 13.0. The van der Waals surface area contributed by atoms with Crippen LogP contribution in [0.1, 0.15) is 25.8 Å². The van der Waals surface area contributed by atoms with Gasteiger partial charge in [-0.3, -0.25) is 4.90 Å². The molecule has 3 aromatic rings. The lowest BCUT2D eigenvalue weighted by molar-refractivity contribution is 0.400. The standard InChI is InChI=1S/C28H37N4OS/c1-7-32(8-2)22-14-15-23-21(19-28-31(6)24-12-9-10-13-26(24)34-28)18-27(33-25(23)20-22)30(5)17-11-16-29(3)4/h9-10,12-15,18-20H,7-8,11,16-17H2,1-6H3/q+1/b28-19-. The van der Waals surface area contributed by atoms with Gasteiger partial charge in [-0.1, -0.05) is 23.9 Å². The van der Waals surface area contributed by atoms with E-state index in [0.29, 0.717) is 0 Å². The van der Waals surface area contributed by atoms with E-state index in [-0.39, 0.29) is 0 Å². The van der Waals surface area contributed by atoms with E-state index < -0.39 is 0 Å². The van der Waals surface area contributed by atoms with Gasteiger partial charge < -0.3 is 14.7 Å². The van der Waals surface area contributed by atoms with E-state index in [4.69, 9.17) is 4.42 Å². The fourth-order valence-electron chi connectivity index (χ4n) is 4.39. The van der Waals surface area contributed by atoms with Crippen LogP contribution in [-0.2, 0) is 0 Å². The first-order valence-electron chi connectivity index (χ1n) is 12.1. The van der Waals surface area contributed by atoms with Gasteiger partial charge in [0.2, 0.25) is 0 Å². The van der Waals surface area contributed by atoms with Gasteiger partial charge in [-0.15, -0.1) is 0 Å². The third-order valence-electron chi connectivity index (χ3n) is 6.42. The highest BCUT2D eigenvalue weighted by Crippen LogP contribution is 2.46. The van der Waals surface area contributed by atoms with Crippen molar-refractivity contribution in [2.75, 3.05) is 69.1 Å². The smallest absolute Gasteiger partial charge is 0.372 e. The van der Waals surface area contributed by atoms with Gasteiger partial charge in [0, 0.05) is 49.9 Å². The number of nitrogens with zero attached hydrogens (tertiary/aromatic N) is 4. The molecule has 0 radical (unpaired) electrons. The van der Waals surface area contributed by atoms with Crippen molar-refractivity contribution in [3.05, 3.63) is 59.1 Å². The molecule has 0 atom stereocenters. The van der Waals surface area contributed by atoms with Crippen molar-refractivity contribution < 1.29 is 4.42 Å². The minimum atomic E-state index is 0.901. The van der Waals surface area contributed by atoms with Crippen LogP contribution in [0.4, 0.5) is 17.3 Å². The maximum absolute atomic E-state index is 6.49. The molecule has 0 saturated carbocycles. The molecule has 1 aliphatic heterocycles. The van der Waals surface area contributed by atoms with Crippen LogP contribution < -0.4 is 14.7 Å². The molecule has 0 aliphatic carbocycles. The van der Waals surface area contributed by atoms with Gasteiger partial charge in [0.05, 0.1) is 28.2 Å². The van der Waals surface area contributed by atoms with Crippen molar-refractivity contribution in [1.82, 2.24) is 4.90 Å². The lowest BCUT2D eigenvalue weighted by Crippen LogP contribution is -2.23. The maximum atomic E-state index is 6.49. The van der Waals surface area contributed by atoms with Crippen LogP contribution in [0.2, 0.25) is 0 Å². The first kappa shape index (κ1) is 24.4. The number of thioether (sulfide) groups is 1. The fourth-order valence-corrected chi connectivity index (χ4v) is 5.50. The summed E-state index contributed by atoms with van der Waals surface area (Å²) in [6, 6.07) is 17.4. The van der Waals surface area contributed by atoms with Gasteiger partial charge in [0.15, 0.2) is 0 Å². The average Bonchev–Trinajstić information content (AvgIpc) is 3.14. The highest BCUT2D eigenvalue weighted by atomic mass is 32.2. The van der Waals surface area contributed by atoms with Gasteiger partial charge >= 0.3 is 11.5 Å². The van der Waals surface area contributed by atoms with Crippen LogP contribution >= 0.6 is 11.8 Å². The van der Waals surface area contributed by atoms with Crippen LogP contribution in [0.15, 0.2) is 62.9 Å². The Hall–Kier alpha value is -2.70. The van der Waals surface area contributed by atoms with E-state index in [2.05, 4.69) is 116 Å². The molecule has 34 heavy (non-hydrogen) atoms. The summed E-state index contributed by atoms with van der Waals surface area (Å²) in [4.78, 5) is 10.4. The highest BCUT2D eigenvalue weighted by Gasteiger charge is 2.25. The van der Waals surface area contributed by atoms with E-state index in [1.165, 1.54) is 26.9 Å². The molecule has 0 N–H and O–H groups in total. The topological polar surface area (TPSA) is 24.3 Å². The molecule has 0 fully saturated rings. The quantitative estimate of drug-likeness (QED) is 0.327. The molecular weight excluding hydrogens is 440 g/mol. The maximum Gasteiger partial charge on any atom is 0.430 e. The van der Waals surface area contributed by atoms with Crippen LogP contribution in [0.3, 0.4) is 0 Å². The molecule has 0 spiro atoms. The lowest BCUT2D eigenvalue weighted by atomic mass is 10.1. The van der Waals surface area contributed by atoms with Crippen LogP contribution in [0.5, 0.6) is 0 Å². The Bertz CT molecular complexity index is 1170. The van der Waals surface area contributed by atoms with Crippen molar-refractivity contribution in [2.24, 2.45) is 0 Å². The SMILES string of the molecule is CCN(CC)c1ccc2c(/C=C3\Sc4ccccc4N3C)cc(N(C)CCCN(C)C)[o+]c2c1. The molecule has 2 heterocycles. The zero-order valence-corrected chi connectivity index (χ0v) is 22.2. The first-order chi connectivity index (χ1) is 16.4. The third kappa shape index (κ3) is 5.18. The summed E-state index contributed by atoms with van der Waals surface area (Å²) in [6.07, 6.45) is 3.39. The van der Waals surface area contributed by atoms with Gasteiger partial charge in [0.25, 0.3) is 0 Å². The van der Waals surface area contributed by atoms with E-state index in [9.17, 15) is 0 Å². The minimum absolute atomic E-state index is 0.901. The Morgan fingerprint density at radius 2 is 1.74 bits per heavy atom. The Labute approximate surface area is 208 Å². The summed E-state index contributed by atoms with van der Waals surface area (Å²) < 4.78 is 6.49. The van der Waals surface area contributed by atoms with Crippen molar-refractivity contribution in [3.63, 3.8) is 0 Å². The third-order valence-corrected chi connectivity index (χ3v) is 7.59. The zero-order valence-electron chi connectivity index (χ0n) is 21.3. The van der Waals surface area contributed by atoms with Crippen molar-refractivity contribution in [3.8, 4) is 0 Å². The fraction of sp³-hybridized carbons (Fsp3) is 0.393. The van der Waals surface area contributed by atoms with E-state index in [1.54, 1.807) is 0 Å². The predicted molar refractivity (Wildman–Crippen MR) is 149 cm³/mol. The predicted octanol–water partition coefficient (Wildman–Crippen LogP) is 6.49. The van der Waals surface area contributed by atoms with Gasteiger partial charge in [-0.05, 0) is 71.2 Å². The molecule has 0 bridgehead atoms. The molecule has 1 aliphatic rings. The summed E-state index contributed by atoms with van der Waals surface area (Å²) in [5.41, 5.74) is 4.57. The van der Waals surface area contributed by atoms with Gasteiger partial charge in [-0.25, -0.2) is 0 Å². The van der Waals surface area contributed by atoms with Crippen LogP contribution in [0.25, 0.3) is 17.0 Å². The molecule has 4 rings (SSSR count). The van der Waals surface area contributed by atoms with E-state index in [1.807, 2.05) is 11.8 Å². The number of hydrogen-bond donors (Lipinski definition) is 0. The molecule has 6 heteroatoms. The molecule has 0 unspecified atom stereocenters. The number of rotatable bonds is 9. The molecule has 1 aromatic heterocycles. The van der Waals surface area contributed by atoms with Crippen molar-refractivity contribution in [1.29, 1.82) is 0 Å². The van der Waals surface area contributed by atoms with Gasteiger partial charge in [0.1, 0.15) is 0 Å². The summed E-state index contributed by atoms with van der Waals surface area (Å²) in [6.45, 7) is 8.34. The molecule has 180 valence electrons. The zero-order chi connectivity index (χ0) is 24.2. The highest BCUT2D eigenvalue weighted by molar-refractivity contribution is 8.03. The monoisotopic (exact) mass is 477 g/mol. The lowest BCUT2D eigenvalue weighted by Gasteiger charge is -2.20. The number of anilines is 3. The second-order valence-electron chi connectivity index (χ2n) is 9.08. The average molecular weight is 478 g/mol. The van der Waals surface area contributed by atoms with E-state index in [0.717, 1.165) is 49.5 Å². The van der Waals surface area contributed by atoms with E-state index >= 15 is 0 Å². The Balaban J connectivity index is 1.76. The summed E-state index contributed by atoms with van der Waals surface area (Å²) in [7, 11) is 8.51. The van der Waals surface area contributed by atoms with Gasteiger partial charge in [-0.2, -0.15) is 4.42 Å².